The average Bonchev–Trinajstić information content (AvgIpc) is 3.04. The monoisotopic (exact) mass is 326 g/mol. The number of aryl methyl sites for hydroxylation is 1. The fourth-order valence-corrected chi connectivity index (χ4v) is 3.11. The maximum absolute atomic E-state index is 12.8. The molecule has 2 aromatic rings. The van der Waals surface area contributed by atoms with E-state index in [9.17, 15) is 9.59 Å². The second kappa shape index (κ2) is 6.99. The lowest BCUT2D eigenvalue weighted by molar-refractivity contribution is -0.129. The van der Waals surface area contributed by atoms with Crippen molar-refractivity contribution in [2.45, 2.75) is 45.6 Å². The molecule has 1 unspecified atom stereocenters. The van der Waals surface area contributed by atoms with Gasteiger partial charge in [0.1, 0.15) is 0 Å². The third-order valence-electron chi connectivity index (χ3n) is 4.33. The van der Waals surface area contributed by atoms with Crippen molar-refractivity contribution in [1.29, 1.82) is 0 Å². The molecule has 5 heteroatoms. The quantitative estimate of drug-likeness (QED) is 0.858. The van der Waals surface area contributed by atoms with Crippen LogP contribution in [0.1, 0.15) is 48.3 Å². The number of carbonyl (C=O) groups is 2. The van der Waals surface area contributed by atoms with Gasteiger partial charge in [-0.25, -0.2) is 4.79 Å². The van der Waals surface area contributed by atoms with Crippen molar-refractivity contribution in [3.63, 3.8) is 0 Å². The molecule has 0 bridgehead atoms. The smallest absolute Gasteiger partial charge is 0.339 e. The van der Waals surface area contributed by atoms with Gasteiger partial charge >= 0.3 is 5.97 Å². The van der Waals surface area contributed by atoms with E-state index in [1.54, 1.807) is 6.92 Å². The van der Waals surface area contributed by atoms with Crippen LogP contribution in [0.2, 0.25) is 0 Å². The second-order valence-electron chi connectivity index (χ2n) is 6.12. The molecule has 1 aromatic heterocycles. The van der Waals surface area contributed by atoms with Crippen LogP contribution in [0, 0.1) is 0 Å². The SMILES string of the molecule is CCCNC(=O)C(C)OC(=O)c1c2c(nc3ccccc13)CCC2. The van der Waals surface area contributed by atoms with Crippen LogP contribution in [0.5, 0.6) is 0 Å². The summed E-state index contributed by atoms with van der Waals surface area (Å²) in [5.41, 5.74) is 3.32. The van der Waals surface area contributed by atoms with Crippen LogP contribution in [0.3, 0.4) is 0 Å². The van der Waals surface area contributed by atoms with Crippen molar-refractivity contribution < 1.29 is 14.3 Å². The normalized spacial score (nSPS) is 14.2. The number of para-hydroxylation sites is 1. The Morgan fingerprint density at radius 1 is 1.29 bits per heavy atom. The van der Waals surface area contributed by atoms with E-state index >= 15 is 0 Å². The first-order valence-corrected chi connectivity index (χ1v) is 8.51. The number of esters is 1. The Morgan fingerprint density at radius 3 is 2.88 bits per heavy atom. The van der Waals surface area contributed by atoms with Crippen molar-refractivity contribution in [2.75, 3.05) is 6.54 Å². The predicted octanol–water partition coefficient (Wildman–Crippen LogP) is 2.80. The van der Waals surface area contributed by atoms with E-state index in [4.69, 9.17) is 4.74 Å². The number of aromatic nitrogens is 1. The lowest BCUT2D eigenvalue weighted by atomic mass is 10.0. The summed E-state index contributed by atoms with van der Waals surface area (Å²) in [6, 6.07) is 7.59. The molecule has 1 aliphatic rings. The lowest BCUT2D eigenvalue weighted by Crippen LogP contribution is -2.36. The van der Waals surface area contributed by atoms with E-state index in [2.05, 4.69) is 10.3 Å². The molecule has 0 saturated carbocycles. The van der Waals surface area contributed by atoms with Gasteiger partial charge in [0.05, 0.1) is 11.1 Å². The van der Waals surface area contributed by atoms with Gasteiger partial charge in [-0.15, -0.1) is 0 Å². The molecule has 1 amide bonds. The molecule has 5 nitrogen and oxygen atoms in total. The summed E-state index contributed by atoms with van der Waals surface area (Å²) >= 11 is 0. The highest BCUT2D eigenvalue weighted by Gasteiger charge is 2.27. The number of hydrogen-bond donors (Lipinski definition) is 1. The van der Waals surface area contributed by atoms with Gasteiger partial charge in [-0.2, -0.15) is 0 Å². The van der Waals surface area contributed by atoms with Crippen molar-refractivity contribution in [2.24, 2.45) is 0 Å². The van der Waals surface area contributed by atoms with Gasteiger partial charge in [0.2, 0.25) is 0 Å². The zero-order valence-electron chi connectivity index (χ0n) is 14.1. The van der Waals surface area contributed by atoms with Gasteiger partial charge in [-0.1, -0.05) is 25.1 Å². The molecular formula is C19H22N2O3. The molecule has 1 heterocycles. The highest BCUT2D eigenvalue weighted by atomic mass is 16.5. The lowest BCUT2D eigenvalue weighted by Gasteiger charge is -2.16. The predicted molar refractivity (Wildman–Crippen MR) is 91.9 cm³/mol. The summed E-state index contributed by atoms with van der Waals surface area (Å²) in [4.78, 5) is 29.4. The number of pyridine rings is 1. The summed E-state index contributed by atoms with van der Waals surface area (Å²) < 4.78 is 5.45. The summed E-state index contributed by atoms with van der Waals surface area (Å²) in [6.07, 6.45) is 2.73. The Morgan fingerprint density at radius 2 is 2.08 bits per heavy atom. The maximum Gasteiger partial charge on any atom is 0.339 e. The molecule has 1 aliphatic carbocycles. The van der Waals surface area contributed by atoms with Crippen LogP contribution in [0.15, 0.2) is 24.3 Å². The summed E-state index contributed by atoms with van der Waals surface area (Å²) in [7, 11) is 0. The molecule has 1 N–H and O–H groups in total. The zero-order chi connectivity index (χ0) is 17.1. The van der Waals surface area contributed by atoms with E-state index in [0.29, 0.717) is 12.1 Å². The zero-order valence-corrected chi connectivity index (χ0v) is 14.1. The molecular weight excluding hydrogens is 304 g/mol. The first-order valence-electron chi connectivity index (χ1n) is 8.51. The van der Waals surface area contributed by atoms with Gasteiger partial charge < -0.3 is 10.1 Å². The number of hydrogen-bond acceptors (Lipinski definition) is 4. The fraction of sp³-hybridized carbons (Fsp3) is 0.421. The Balaban J connectivity index is 1.91. The van der Waals surface area contributed by atoms with Crippen molar-refractivity contribution in [1.82, 2.24) is 10.3 Å². The van der Waals surface area contributed by atoms with Gasteiger partial charge in [-0.05, 0) is 44.2 Å². The molecule has 126 valence electrons. The summed E-state index contributed by atoms with van der Waals surface area (Å²) in [5.74, 6) is -0.703. The largest absolute Gasteiger partial charge is 0.449 e. The number of nitrogens with one attached hydrogen (secondary N) is 1. The minimum Gasteiger partial charge on any atom is -0.449 e. The van der Waals surface area contributed by atoms with Crippen LogP contribution >= 0.6 is 0 Å². The van der Waals surface area contributed by atoms with Crippen LogP contribution in [-0.4, -0.2) is 29.5 Å². The van der Waals surface area contributed by atoms with E-state index in [1.807, 2.05) is 31.2 Å². The number of ether oxygens (including phenoxy) is 1. The number of fused-ring (bicyclic) bond motifs is 2. The molecule has 0 radical (unpaired) electrons. The van der Waals surface area contributed by atoms with Gasteiger partial charge in [0.25, 0.3) is 5.91 Å². The molecule has 3 rings (SSSR count). The van der Waals surface area contributed by atoms with E-state index in [1.165, 1.54) is 0 Å². The average molecular weight is 326 g/mol. The van der Waals surface area contributed by atoms with Gasteiger partial charge in [0.15, 0.2) is 6.10 Å². The highest BCUT2D eigenvalue weighted by Crippen LogP contribution is 2.30. The standard InChI is InChI=1S/C19H22N2O3/c1-3-11-20-18(22)12(2)24-19(23)17-13-7-4-5-9-15(13)21-16-10-6-8-14(16)17/h4-5,7,9,12H,3,6,8,10-11H2,1-2H3,(H,20,22). The van der Waals surface area contributed by atoms with Crippen LogP contribution in [0.4, 0.5) is 0 Å². The third kappa shape index (κ3) is 3.11. The number of carbonyl (C=O) groups excluding carboxylic acids is 2. The number of benzene rings is 1. The summed E-state index contributed by atoms with van der Waals surface area (Å²) in [6.45, 7) is 4.16. The Bertz CT molecular complexity index is 786. The minimum absolute atomic E-state index is 0.264. The van der Waals surface area contributed by atoms with Crippen LogP contribution < -0.4 is 5.32 Å². The van der Waals surface area contributed by atoms with Crippen molar-refractivity contribution in [3.05, 3.63) is 41.1 Å². The van der Waals surface area contributed by atoms with E-state index in [-0.39, 0.29) is 5.91 Å². The first-order chi connectivity index (χ1) is 11.6. The van der Waals surface area contributed by atoms with Crippen molar-refractivity contribution in [3.8, 4) is 0 Å². The van der Waals surface area contributed by atoms with E-state index < -0.39 is 12.1 Å². The molecule has 24 heavy (non-hydrogen) atoms. The number of nitrogens with zero attached hydrogens (tertiary/aromatic N) is 1. The number of amides is 1. The van der Waals surface area contributed by atoms with Crippen molar-refractivity contribution >= 4 is 22.8 Å². The molecule has 1 aromatic carbocycles. The topological polar surface area (TPSA) is 68.3 Å². The van der Waals surface area contributed by atoms with Gasteiger partial charge in [0, 0.05) is 17.6 Å². The molecule has 1 atom stereocenters. The second-order valence-corrected chi connectivity index (χ2v) is 6.12. The van der Waals surface area contributed by atoms with Crippen LogP contribution in [0.25, 0.3) is 10.9 Å². The third-order valence-corrected chi connectivity index (χ3v) is 4.33. The fourth-order valence-electron chi connectivity index (χ4n) is 3.11. The highest BCUT2D eigenvalue weighted by molar-refractivity contribution is 6.05. The molecule has 0 spiro atoms. The van der Waals surface area contributed by atoms with Crippen LogP contribution in [-0.2, 0) is 22.4 Å². The Hall–Kier alpha value is -2.43. The minimum atomic E-state index is -0.812. The molecule has 0 saturated heterocycles. The Kier molecular flexibility index (Phi) is 4.79. The van der Waals surface area contributed by atoms with E-state index in [0.717, 1.165) is 47.8 Å². The summed E-state index contributed by atoms with van der Waals surface area (Å²) in [5, 5.41) is 3.55. The maximum atomic E-state index is 12.8. The molecule has 0 aliphatic heterocycles. The molecule has 0 fully saturated rings. The first kappa shape index (κ1) is 16.4. The number of rotatable bonds is 5. The van der Waals surface area contributed by atoms with Gasteiger partial charge in [-0.3, -0.25) is 9.78 Å². The Labute approximate surface area is 141 Å².